The first kappa shape index (κ1) is 31.0. The molecule has 1 saturated heterocycles. The Hall–Kier alpha value is -3.92. The predicted octanol–water partition coefficient (Wildman–Crippen LogP) is 4.07. The molecule has 1 fully saturated rings. The van der Waals surface area contributed by atoms with Crippen LogP contribution in [0.2, 0.25) is 0 Å². The van der Waals surface area contributed by atoms with Crippen LogP contribution in [-0.4, -0.2) is 77.9 Å². The molecule has 0 spiro atoms. The number of piperidine rings is 1. The minimum Gasteiger partial charge on any atom is -0.480 e. The number of amides is 2. The molecule has 10 heteroatoms. The van der Waals surface area contributed by atoms with Gasteiger partial charge in [0.15, 0.2) is 0 Å². The number of benzene rings is 2. The molecule has 1 aliphatic carbocycles. The Kier molecular flexibility index (Phi) is 10.2. The zero-order valence-electron chi connectivity index (χ0n) is 24.6. The highest BCUT2D eigenvalue weighted by Gasteiger charge is 2.30. The predicted molar refractivity (Wildman–Crippen MR) is 157 cm³/mol. The van der Waals surface area contributed by atoms with Gasteiger partial charge in [-0.05, 0) is 68.7 Å². The number of nitrogens with zero attached hydrogens (tertiary/aromatic N) is 1. The van der Waals surface area contributed by atoms with Gasteiger partial charge in [-0.1, -0.05) is 48.5 Å². The van der Waals surface area contributed by atoms with Crippen molar-refractivity contribution in [1.29, 1.82) is 0 Å². The molecule has 2 aromatic rings. The quantitative estimate of drug-likeness (QED) is 0.339. The van der Waals surface area contributed by atoms with Crippen LogP contribution in [-0.2, 0) is 23.9 Å². The minimum absolute atomic E-state index is 0.00149. The van der Waals surface area contributed by atoms with Crippen molar-refractivity contribution in [3.63, 3.8) is 0 Å². The van der Waals surface area contributed by atoms with Crippen molar-refractivity contribution in [3.05, 3.63) is 59.7 Å². The highest BCUT2D eigenvalue weighted by Crippen LogP contribution is 2.44. The van der Waals surface area contributed by atoms with Gasteiger partial charge in [-0.3, -0.25) is 14.5 Å². The summed E-state index contributed by atoms with van der Waals surface area (Å²) in [5.41, 5.74) is 3.83. The average Bonchev–Trinajstić information content (AvgIpc) is 3.25. The number of alkyl carbamates (subject to hydrolysis) is 1. The molecule has 4 rings (SSSR count). The van der Waals surface area contributed by atoms with Gasteiger partial charge in [0.2, 0.25) is 5.91 Å². The van der Waals surface area contributed by atoms with Crippen LogP contribution in [0.25, 0.3) is 11.1 Å². The lowest BCUT2D eigenvalue weighted by Gasteiger charge is -2.32. The molecule has 2 aromatic carbocycles. The van der Waals surface area contributed by atoms with Crippen LogP contribution in [0.5, 0.6) is 0 Å². The van der Waals surface area contributed by atoms with Crippen LogP contribution < -0.4 is 10.6 Å². The fourth-order valence-electron chi connectivity index (χ4n) is 5.60. The number of carboxylic acid groups (broad SMARTS) is 1. The average molecular weight is 580 g/mol. The van der Waals surface area contributed by atoms with Crippen LogP contribution in [0, 0.1) is 0 Å². The molecular formula is C32H41N3O7. The molecule has 1 heterocycles. The Balaban J connectivity index is 1.16. The Morgan fingerprint density at radius 1 is 0.976 bits per heavy atom. The Labute approximate surface area is 246 Å². The van der Waals surface area contributed by atoms with Crippen molar-refractivity contribution in [2.75, 3.05) is 26.2 Å². The Morgan fingerprint density at radius 2 is 1.57 bits per heavy atom. The number of fused-ring (bicyclic) bond motifs is 3. The molecule has 10 nitrogen and oxygen atoms in total. The number of hydrogen-bond donors (Lipinski definition) is 3. The van der Waals surface area contributed by atoms with Gasteiger partial charge < -0.3 is 25.2 Å². The molecular weight excluding hydrogens is 538 g/mol. The van der Waals surface area contributed by atoms with Crippen molar-refractivity contribution < 1.29 is 33.8 Å². The maximum atomic E-state index is 12.6. The van der Waals surface area contributed by atoms with Crippen LogP contribution in [0.4, 0.5) is 4.79 Å². The van der Waals surface area contributed by atoms with Gasteiger partial charge in [0.25, 0.3) is 0 Å². The van der Waals surface area contributed by atoms with Gasteiger partial charge in [-0.25, -0.2) is 9.59 Å². The molecule has 2 amide bonds. The number of carbonyl (C=O) groups excluding carboxylic acids is 3. The largest absolute Gasteiger partial charge is 0.480 e. The van der Waals surface area contributed by atoms with Gasteiger partial charge in [0, 0.05) is 31.5 Å². The standard InChI is InChI=1S/C32H41N3O7/c1-32(2,3)42-29(37)19-35-17-15-21(16-18-35)33-28(36)14-8-13-27(30(38)39)34-31(40)41-20-26-24-11-6-4-9-22(24)23-10-5-7-12-25(23)26/h4-7,9-12,21,26-27H,8,13-20H2,1-3H3,(H,33,36)(H,34,40)(H,38,39). The van der Waals surface area contributed by atoms with E-state index in [1.807, 2.05) is 74.2 Å². The number of aliphatic carboxylic acids is 1. The number of carbonyl (C=O) groups is 4. The Morgan fingerprint density at radius 3 is 2.14 bits per heavy atom. The smallest absolute Gasteiger partial charge is 0.407 e. The summed E-state index contributed by atoms with van der Waals surface area (Å²) < 4.78 is 10.9. The molecule has 1 unspecified atom stereocenters. The van der Waals surface area contributed by atoms with Gasteiger partial charge in [-0.15, -0.1) is 0 Å². The highest BCUT2D eigenvalue weighted by molar-refractivity contribution is 5.81. The Bertz CT molecular complexity index is 1240. The van der Waals surface area contributed by atoms with Crippen LogP contribution >= 0.6 is 0 Å². The fraction of sp³-hybridized carbons (Fsp3) is 0.500. The van der Waals surface area contributed by atoms with Gasteiger partial charge in [-0.2, -0.15) is 0 Å². The van der Waals surface area contributed by atoms with Crippen molar-refractivity contribution in [2.45, 2.75) is 76.5 Å². The number of esters is 1. The van der Waals surface area contributed by atoms with E-state index < -0.39 is 23.7 Å². The zero-order valence-corrected chi connectivity index (χ0v) is 24.6. The second kappa shape index (κ2) is 13.8. The first-order valence-electron chi connectivity index (χ1n) is 14.6. The summed E-state index contributed by atoms with van der Waals surface area (Å²) in [6.07, 6.45) is 1.18. The third-order valence-corrected chi connectivity index (χ3v) is 7.56. The van der Waals surface area contributed by atoms with Crippen molar-refractivity contribution >= 4 is 23.9 Å². The normalized spacial score (nSPS) is 16.2. The maximum absolute atomic E-state index is 12.6. The van der Waals surface area contributed by atoms with E-state index >= 15 is 0 Å². The lowest BCUT2D eigenvalue weighted by atomic mass is 9.98. The van der Waals surface area contributed by atoms with E-state index in [9.17, 15) is 24.3 Å². The van der Waals surface area contributed by atoms with Crippen LogP contribution in [0.15, 0.2) is 48.5 Å². The van der Waals surface area contributed by atoms with E-state index in [-0.39, 0.29) is 49.8 Å². The molecule has 0 radical (unpaired) electrons. The van der Waals surface area contributed by atoms with E-state index in [0.29, 0.717) is 19.5 Å². The first-order chi connectivity index (χ1) is 20.0. The number of rotatable bonds is 11. The minimum atomic E-state index is -1.18. The van der Waals surface area contributed by atoms with Gasteiger partial charge in [0.1, 0.15) is 18.2 Å². The molecule has 2 aliphatic rings. The third kappa shape index (κ3) is 8.55. The van der Waals surface area contributed by atoms with Gasteiger partial charge >= 0.3 is 18.0 Å². The number of nitrogens with one attached hydrogen (secondary N) is 2. The van der Waals surface area contributed by atoms with E-state index in [1.54, 1.807) is 0 Å². The van der Waals surface area contributed by atoms with E-state index in [4.69, 9.17) is 9.47 Å². The summed E-state index contributed by atoms with van der Waals surface area (Å²) in [5, 5.41) is 15.1. The van der Waals surface area contributed by atoms with Crippen molar-refractivity contribution in [1.82, 2.24) is 15.5 Å². The summed E-state index contributed by atoms with van der Waals surface area (Å²) in [5.74, 6) is -1.73. The summed E-state index contributed by atoms with van der Waals surface area (Å²) in [7, 11) is 0. The molecule has 42 heavy (non-hydrogen) atoms. The molecule has 1 aliphatic heterocycles. The molecule has 3 N–H and O–H groups in total. The lowest BCUT2D eigenvalue weighted by molar-refractivity contribution is -0.156. The fourth-order valence-corrected chi connectivity index (χ4v) is 5.60. The number of ether oxygens (including phenoxy) is 2. The third-order valence-electron chi connectivity index (χ3n) is 7.56. The summed E-state index contributed by atoms with van der Waals surface area (Å²) in [6, 6.07) is 14.8. The summed E-state index contributed by atoms with van der Waals surface area (Å²) in [4.78, 5) is 50.9. The van der Waals surface area contributed by atoms with E-state index in [2.05, 4.69) is 10.6 Å². The SMILES string of the molecule is CC(C)(C)OC(=O)CN1CCC(NC(=O)CCCC(NC(=O)OCC2c3ccccc3-c3ccccc32)C(=O)O)CC1. The number of carboxylic acids is 1. The van der Waals surface area contributed by atoms with Crippen molar-refractivity contribution in [3.8, 4) is 11.1 Å². The first-order valence-corrected chi connectivity index (χ1v) is 14.6. The molecule has 226 valence electrons. The van der Waals surface area contributed by atoms with E-state index in [0.717, 1.165) is 35.1 Å². The van der Waals surface area contributed by atoms with E-state index in [1.165, 1.54) is 0 Å². The molecule has 0 saturated carbocycles. The van der Waals surface area contributed by atoms with Crippen molar-refractivity contribution in [2.24, 2.45) is 0 Å². The second-order valence-corrected chi connectivity index (χ2v) is 12.0. The van der Waals surface area contributed by atoms with Crippen LogP contribution in [0.1, 0.15) is 69.9 Å². The molecule has 0 aromatic heterocycles. The van der Waals surface area contributed by atoms with Crippen LogP contribution in [0.3, 0.4) is 0 Å². The number of hydrogen-bond acceptors (Lipinski definition) is 7. The summed E-state index contributed by atoms with van der Waals surface area (Å²) in [6.45, 7) is 7.18. The highest BCUT2D eigenvalue weighted by atomic mass is 16.6. The molecule has 1 atom stereocenters. The molecule has 0 bridgehead atoms. The number of likely N-dealkylation sites (tertiary alicyclic amines) is 1. The zero-order chi connectivity index (χ0) is 30.3. The maximum Gasteiger partial charge on any atom is 0.407 e. The second-order valence-electron chi connectivity index (χ2n) is 12.0. The topological polar surface area (TPSA) is 134 Å². The monoisotopic (exact) mass is 579 g/mol. The summed E-state index contributed by atoms with van der Waals surface area (Å²) >= 11 is 0. The lowest BCUT2D eigenvalue weighted by Crippen LogP contribution is -2.46. The van der Waals surface area contributed by atoms with Gasteiger partial charge in [0.05, 0.1) is 6.54 Å².